The molecule has 36 heavy (non-hydrogen) atoms. The SMILES string of the molecule is Cc1ccc(/C=C/c2cc3sc4c5cc(Cl)c(/C=C/c6ccc(C)cc6)cc5sc4c3cc2Cl)cc1. The highest BCUT2D eigenvalue weighted by Crippen LogP contribution is 2.46. The summed E-state index contributed by atoms with van der Waals surface area (Å²) in [6.45, 7) is 4.20. The summed E-state index contributed by atoms with van der Waals surface area (Å²) >= 11 is 17.1. The molecule has 0 atom stereocenters. The van der Waals surface area contributed by atoms with Crippen molar-refractivity contribution in [2.45, 2.75) is 13.8 Å². The van der Waals surface area contributed by atoms with E-state index < -0.39 is 0 Å². The van der Waals surface area contributed by atoms with E-state index in [0.717, 1.165) is 32.3 Å². The van der Waals surface area contributed by atoms with Crippen LogP contribution in [0.3, 0.4) is 0 Å². The number of benzene rings is 4. The van der Waals surface area contributed by atoms with E-state index >= 15 is 0 Å². The molecule has 0 radical (unpaired) electrons. The molecule has 0 aliphatic carbocycles. The maximum absolute atomic E-state index is 6.74. The summed E-state index contributed by atoms with van der Waals surface area (Å²) < 4.78 is 5.03. The van der Waals surface area contributed by atoms with Gasteiger partial charge in [-0.3, -0.25) is 0 Å². The van der Waals surface area contributed by atoms with E-state index in [1.165, 1.54) is 40.7 Å². The van der Waals surface area contributed by atoms with Crippen molar-refractivity contribution in [3.8, 4) is 0 Å². The number of hydrogen-bond donors (Lipinski definition) is 0. The second-order valence-corrected chi connectivity index (χ2v) is 12.0. The van der Waals surface area contributed by atoms with Crippen molar-refractivity contribution >= 4 is 99.8 Å². The molecule has 0 aliphatic heterocycles. The van der Waals surface area contributed by atoms with Gasteiger partial charge < -0.3 is 0 Å². The normalized spacial score (nSPS) is 12.2. The molecule has 0 aliphatic rings. The predicted molar refractivity (Wildman–Crippen MR) is 165 cm³/mol. The van der Waals surface area contributed by atoms with E-state index in [-0.39, 0.29) is 0 Å². The van der Waals surface area contributed by atoms with Gasteiger partial charge in [-0.25, -0.2) is 0 Å². The van der Waals surface area contributed by atoms with E-state index in [9.17, 15) is 0 Å². The first-order valence-electron chi connectivity index (χ1n) is 11.7. The molecular formula is C32H22Cl2S2. The molecule has 0 nitrogen and oxygen atoms in total. The van der Waals surface area contributed by atoms with Gasteiger partial charge in [0.05, 0.1) is 9.40 Å². The van der Waals surface area contributed by atoms with Gasteiger partial charge in [0, 0.05) is 30.2 Å². The van der Waals surface area contributed by atoms with Crippen LogP contribution in [-0.4, -0.2) is 0 Å². The Morgan fingerprint density at radius 2 is 0.917 bits per heavy atom. The van der Waals surface area contributed by atoms with E-state index in [2.05, 4.69) is 111 Å². The summed E-state index contributed by atoms with van der Waals surface area (Å²) in [6.07, 6.45) is 8.43. The molecule has 4 aromatic carbocycles. The van der Waals surface area contributed by atoms with Crippen molar-refractivity contribution in [3.63, 3.8) is 0 Å². The molecule has 2 heterocycles. The first-order valence-corrected chi connectivity index (χ1v) is 14.1. The fraction of sp³-hybridized carbons (Fsp3) is 0.0625. The second kappa shape index (κ2) is 9.53. The van der Waals surface area contributed by atoms with E-state index in [1.807, 2.05) is 22.7 Å². The number of hydrogen-bond acceptors (Lipinski definition) is 2. The fourth-order valence-electron chi connectivity index (χ4n) is 4.31. The minimum Gasteiger partial charge on any atom is -0.134 e. The zero-order chi connectivity index (χ0) is 24.8. The monoisotopic (exact) mass is 540 g/mol. The second-order valence-electron chi connectivity index (χ2n) is 9.09. The summed E-state index contributed by atoms with van der Waals surface area (Å²) in [5, 5.41) is 3.95. The van der Waals surface area contributed by atoms with Gasteiger partial charge in [-0.1, -0.05) is 107 Å². The quantitative estimate of drug-likeness (QED) is 0.195. The lowest BCUT2D eigenvalue weighted by Gasteiger charge is -2.01. The molecule has 0 bridgehead atoms. The molecule has 0 spiro atoms. The van der Waals surface area contributed by atoms with E-state index in [4.69, 9.17) is 23.2 Å². The summed E-state index contributed by atoms with van der Waals surface area (Å²) in [7, 11) is 0. The van der Waals surface area contributed by atoms with Crippen LogP contribution in [0, 0.1) is 13.8 Å². The maximum atomic E-state index is 6.74. The van der Waals surface area contributed by atoms with Crippen LogP contribution in [0.4, 0.5) is 0 Å². The molecule has 6 aromatic rings. The van der Waals surface area contributed by atoms with Gasteiger partial charge in [0.15, 0.2) is 0 Å². The highest BCUT2D eigenvalue weighted by Gasteiger charge is 2.15. The Kier molecular flexibility index (Phi) is 6.23. The lowest BCUT2D eigenvalue weighted by atomic mass is 10.1. The average Bonchev–Trinajstić information content (AvgIpc) is 3.38. The van der Waals surface area contributed by atoms with Gasteiger partial charge in [0.1, 0.15) is 0 Å². The molecule has 0 amide bonds. The Balaban J connectivity index is 1.38. The molecule has 0 N–H and O–H groups in total. The largest absolute Gasteiger partial charge is 0.134 e. The van der Waals surface area contributed by atoms with Crippen molar-refractivity contribution in [2.24, 2.45) is 0 Å². The van der Waals surface area contributed by atoms with Crippen LogP contribution in [0.25, 0.3) is 53.9 Å². The van der Waals surface area contributed by atoms with E-state index in [0.29, 0.717) is 0 Å². The fourth-order valence-corrected chi connectivity index (χ4v) is 7.46. The number of halogens is 2. The van der Waals surface area contributed by atoms with Crippen LogP contribution in [0.1, 0.15) is 33.4 Å². The topological polar surface area (TPSA) is 0 Å². The number of thiophene rings is 2. The molecule has 0 fully saturated rings. The highest BCUT2D eigenvalue weighted by atomic mass is 35.5. The smallest absolute Gasteiger partial charge is 0.0542 e. The molecule has 0 unspecified atom stereocenters. The van der Waals surface area contributed by atoms with Crippen molar-refractivity contribution in [1.29, 1.82) is 0 Å². The Morgan fingerprint density at radius 3 is 1.31 bits per heavy atom. The summed E-state index contributed by atoms with van der Waals surface area (Å²) in [5.41, 5.74) is 6.90. The summed E-state index contributed by atoms with van der Waals surface area (Å²) in [4.78, 5) is 0. The van der Waals surface area contributed by atoms with Crippen molar-refractivity contribution in [1.82, 2.24) is 0 Å². The number of aryl methyl sites for hydroxylation is 2. The minimum absolute atomic E-state index is 0.766. The molecular weight excluding hydrogens is 519 g/mol. The van der Waals surface area contributed by atoms with Crippen LogP contribution in [-0.2, 0) is 0 Å². The van der Waals surface area contributed by atoms with Crippen LogP contribution in [0.5, 0.6) is 0 Å². The summed E-state index contributed by atoms with van der Waals surface area (Å²) in [5.74, 6) is 0. The first-order chi connectivity index (χ1) is 17.4. The Morgan fingerprint density at radius 1 is 0.528 bits per heavy atom. The van der Waals surface area contributed by atoms with Crippen LogP contribution < -0.4 is 0 Å². The third-order valence-corrected chi connectivity index (χ3v) is 9.54. The molecule has 4 heteroatoms. The molecule has 0 saturated heterocycles. The Labute approximate surface area is 228 Å². The summed E-state index contributed by atoms with van der Waals surface area (Å²) in [6, 6.07) is 25.6. The lowest BCUT2D eigenvalue weighted by molar-refractivity contribution is 1.46. The van der Waals surface area contributed by atoms with Gasteiger partial charge in [-0.15, -0.1) is 22.7 Å². The lowest BCUT2D eigenvalue weighted by Crippen LogP contribution is -1.77. The van der Waals surface area contributed by atoms with Crippen molar-refractivity contribution in [3.05, 3.63) is 116 Å². The molecule has 6 rings (SSSR count). The maximum Gasteiger partial charge on any atom is 0.0542 e. The third-order valence-electron chi connectivity index (χ3n) is 6.38. The van der Waals surface area contributed by atoms with Gasteiger partial charge >= 0.3 is 0 Å². The van der Waals surface area contributed by atoms with Gasteiger partial charge in [-0.2, -0.15) is 0 Å². The van der Waals surface area contributed by atoms with Crippen LogP contribution >= 0.6 is 45.9 Å². The third kappa shape index (κ3) is 4.51. The highest BCUT2D eigenvalue weighted by molar-refractivity contribution is 7.36. The molecule has 176 valence electrons. The van der Waals surface area contributed by atoms with Gasteiger partial charge in [0.25, 0.3) is 0 Å². The van der Waals surface area contributed by atoms with Crippen LogP contribution in [0.2, 0.25) is 10.0 Å². The number of rotatable bonds is 4. The van der Waals surface area contributed by atoms with Crippen molar-refractivity contribution < 1.29 is 0 Å². The van der Waals surface area contributed by atoms with Crippen LogP contribution in [0.15, 0.2) is 72.8 Å². The van der Waals surface area contributed by atoms with Gasteiger partial charge in [-0.05, 0) is 60.4 Å². The van der Waals surface area contributed by atoms with Gasteiger partial charge in [0.2, 0.25) is 0 Å². The molecule has 0 saturated carbocycles. The minimum atomic E-state index is 0.766. The number of fused-ring (bicyclic) bond motifs is 5. The van der Waals surface area contributed by atoms with Crippen molar-refractivity contribution in [2.75, 3.05) is 0 Å². The first kappa shape index (κ1) is 23.5. The zero-order valence-corrected chi connectivity index (χ0v) is 23.0. The predicted octanol–water partition coefficient (Wildman–Crippen LogP) is 11.5. The Bertz CT molecular complexity index is 1660. The molecule has 2 aromatic heterocycles. The standard InChI is InChI=1S/C32H22Cl2S2/c1-19-3-7-21(8-4-19)11-13-23-15-29-25(17-27(23)33)31-32(35-29)26-18-28(34)24(16-30(26)36-31)14-12-22-9-5-20(2)6-10-22/h3-18H,1-2H3/b13-11+,14-12+. The van der Waals surface area contributed by atoms with E-state index in [1.54, 1.807) is 0 Å². The Hall–Kier alpha value is -2.88. The zero-order valence-electron chi connectivity index (χ0n) is 19.8. The average molecular weight is 542 g/mol.